The van der Waals surface area contributed by atoms with Crippen molar-refractivity contribution in [3.05, 3.63) is 50.8 Å². The van der Waals surface area contributed by atoms with E-state index in [1.165, 1.54) is 17.4 Å². The van der Waals surface area contributed by atoms with Crippen molar-refractivity contribution in [1.82, 2.24) is 9.97 Å². The molecule has 1 aromatic carbocycles. The van der Waals surface area contributed by atoms with Crippen molar-refractivity contribution >= 4 is 54.9 Å². The molecule has 7 heteroatoms. The molecule has 0 unspecified atom stereocenters. The Labute approximate surface area is 132 Å². The lowest BCUT2D eigenvalue weighted by molar-refractivity contribution is 0.612. The van der Waals surface area contributed by atoms with E-state index in [1.807, 2.05) is 11.4 Å². The van der Waals surface area contributed by atoms with Crippen LogP contribution in [0.1, 0.15) is 5.56 Å². The molecule has 3 nitrogen and oxygen atoms in total. The average molecular weight is 373 g/mol. The number of hydrogen-bond acceptors (Lipinski definition) is 4. The van der Waals surface area contributed by atoms with Crippen molar-refractivity contribution in [2.75, 3.05) is 5.32 Å². The first kappa shape index (κ1) is 13.7. The second kappa shape index (κ2) is 5.63. The third-order valence-electron chi connectivity index (χ3n) is 2.75. The third-order valence-corrected chi connectivity index (χ3v) is 4.22. The summed E-state index contributed by atoms with van der Waals surface area (Å²) in [5.74, 6) is 0.350. The molecule has 0 saturated carbocycles. The lowest BCUT2D eigenvalue weighted by Crippen LogP contribution is -2.04. The second-order valence-electron chi connectivity index (χ2n) is 4.07. The van der Waals surface area contributed by atoms with E-state index in [-0.39, 0.29) is 11.1 Å². The van der Waals surface area contributed by atoms with Gasteiger partial charge in [-0.25, -0.2) is 14.4 Å². The average Bonchev–Trinajstić information content (AvgIpc) is 2.87. The van der Waals surface area contributed by atoms with Gasteiger partial charge in [-0.3, -0.25) is 0 Å². The molecule has 0 amide bonds. The van der Waals surface area contributed by atoms with Crippen LogP contribution in [-0.4, -0.2) is 9.97 Å². The molecule has 0 spiro atoms. The lowest BCUT2D eigenvalue weighted by Gasteiger charge is -2.08. The number of nitrogens with zero attached hydrogens (tertiary/aromatic N) is 2. The minimum Gasteiger partial charge on any atom is -0.365 e. The normalized spacial score (nSPS) is 10.9. The van der Waals surface area contributed by atoms with E-state index in [9.17, 15) is 4.39 Å². The van der Waals surface area contributed by atoms with Gasteiger partial charge in [0.2, 0.25) is 5.28 Å². The molecule has 102 valence electrons. The van der Waals surface area contributed by atoms with Crippen LogP contribution in [0.5, 0.6) is 0 Å². The fourth-order valence-corrected chi connectivity index (χ4v) is 3.21. The summed E-state index contributed by atoms with van der Waals surface area (Å²) < 4.78 is 14.5. The topological polar surface area (TPSA) is 37.8 Å². The summed E-state index contributed by atoms with van der Waals surface area (Å²) in [5, 5.41) is 6.09. The van der Waals surface area contributed by atoms with Gasteiger partial charge in [-0.15, -0.1) is 11.3 Å². The van der Waals surface area contributed by atoms with Gasteiger partial charge in [0.05, 0.1) is 5.39 Å². The molecule has 0 aliphatic carbocycles. The molecular weight excluding hydrogens is 365 g/mol. The number of hydrogen-bond donors (Lipinski definition) is 1. The van der Waals surface area contributed by atoms with Gasteiger partial charge in [-0.1, -0.05) is 15.9 Å². The molecule has 0 atom stereocenters. The molecule has 0 radical (unpaired) electrons. The Morgan fingerprint density at radius 2 is 2.15 bits per heavy atom. The largest absolute Gasteiger partial charge is 0.365 e. The van der Waals surface area contributed by atoms with E-state index < -0.39 is 0 Å². The summed E-state index contributed by atoms with van der Waals surface area (Å²) in [7, 11) is 0. The van der Waals surface area contributed by atoms with E-state index in [2.05, 4.69) is 31.2 Å². The van der Waals surface area contributed by atoms with Gasteiger partial charge in [0.25, 0.3) is 0 Å². The van der Waals surface area contributed by atoms with Gasteiger partial charge in [0.1, 0.15) is 16.5 Å². The summed E-state index contributed by atoms with van der Waals surface area (Å²) in [4.78, 5) is 9.10. The van der Waals surface area contributed by atoms with Gasteiger partial charge in [-0.2, -0.15) is 0 Å². The monoisotopic (exact) mass is 371 g/mol. The maximum absolute atomic E-state index is 13.7. The lowest BCUT2D eigenvalue weighted by atomic mass is 10.2. The van der Waals surface area contributed by atoms with E-state index in [4.69, 9.17) is 11.6 Å². The van der Waals surface area contributed by atoms with E-state index in [0.29, 0.717) is 17.9 Å². The zero-order chi connectivity index (χ0) is 14.1. The van der Waals surface area contributed by atoms with Crippen molar-refractivity contribution in [2.45, 2.75) is 6.54 Å². The van der Waals surface area contributed by atoms with Crippen LogP contribution in [0.15, 0.2) is 34.1 Å². The number of nitrogens with one attached hydrogen (secondary N) is 1. The van der Waals surface area contributed by atoms with E-state index in [1.54, 1.807) is 12.1 Å². The summed E-state index contributed by atoms with van der Waals surface area (Å²) in [6, 6.07) is 6.73. The molecule has 3 aromatic rings. The molecule has 0 bridgehead atoms. The summed E-state index contributed by atoms with van der Waals surface area (Å²) in [6.45, 7) is 0.323. The Kier molecular flexibility index (Phi) is 3.87. The summed E-state index contributed by atoms with van der Waals surface area (Å²) in [6.07, 6.45) is 0. The second-order valence-corrected chi connectivity index (χ2v) is 6.22. The fraction of sp³-hybridized carbons (Fsp3) is 0.0769. The SMILES string of the molecule is Fc1ccc(Br)cc1CNc1nc(Cl)nc2sccc12. The number of rotatable bonds is 3. The number of halogens is 3. The zero-order valence-electron chi connectivity index (χ0n) is 10.0. The smallest absolute Gasteiger partial charge is 0.225 e. The first-order valence-corrected chi connectivity index (χ1v) is 7.77. The minimum atomic E-state index is -0.262. The van der Waals surface area contributed by atoms with Crippen LogP contribution in [0.25, 0.3) is 10.2 Å². The Bertz CT molecular complexity index is 777. The van der Waals surface area contributed by atoms with Crippen molar-refractivity contribution in [1.29, 1.82) is 0 Å². The molecular formula is C13H8BrClFN3S. The molecule has 3 rings (SSSR count). The number of aromatic nitrogens is 2. The maximum Gasteiger partial charge on any atom is 0.225 e. The zero-order valence-corrected chi connectivity index (χ0v) is 13.2. The Balaban J connectivity index is 1.90. The summed E-state index contributed by atoms with van der Waals surface area (Å²) in [5.41, 5.74) is 0.553. The first-order valence-electron chi connectivity index (χ1n) is 5.72. The third kappa shape index (κ3) is 2.77. The van der Waals surface area contributed by atoms with E-state index >= 15 is 0 Å². The van der Waals surface area contributed by atoms with Crippen LogP contribution in [0.3, 0.4) is 0 Å². The highest BCUT2D eigenvalue weighted by atomic mass is 79.9. The predicted octanol–water partition coefficient (Wildman–Crippen LogP) is 4.86. The maximum atomic E-state index is 13.7. The Hall–Kier alpha value is -1.24. The van der Waals surface area contributed by atoms with E-state index in [0.717, 1.165) is 14.7 Å². The fourth-order valence-electron chi connectivity index (χ4n) is 1.82. The molecule has 2 heterocycles. The van der Waals surface area contributed by atoms with Gasteiger partial charge in [-0.05, 0) is 41.2 Å². The molecule has 0 fully saturated rings. The predicted molar refractivity (Wildman–Crippen MR) is 83.9 cm³/mol. The number of benzene rings is 1. The Morgan fingerprint density at radius 3 is 3.00 bits per heavy atom. The van der Waals surface area contributed by atoms with Crippen LogP contribution < -0.4 is 5.32 Å². The number of anilines is 1. The summed E-state index contributed by atoms with van der Waals surface area (Å²) >= 11 is 10.7. The first-order chi connectivity index (χ1) is 9.63. The molecule has 1 N–H and O–H groups in total. The van der Waals surface area contributed by atoms with Crippen LogP contribution in [0, 0.1) is 5.82 Å². The van der Waals surface area contributed by atoms with Crippen molar-refractivity contribution < 1.29 is 4.39 Å². The number of thiophene rings is 1. The van der Waals surface area contributed by atoms with Gasteiger partial charge in [0.15, 0.2) is 0 Å². The highest BCUT2D eigenvalue weighted by Crippen LogP contribution is 2.27. The minimum absolute atomic E-state index is 0.178. The van der Waals surface area contributed by atoms with Gasteiger partial charge < -0.3 is 5.32 Å². The van der Waals surface area contributed by atoms with Crippen LogP contribution in [0.2, 0.25) is 5.28 Å². The standard InChI is InChI=1S/C13H8BrClFN3S/c14-8-1-2-10(16)7(5-8)6-17-11-9-3-4-20-12(9)19-13(15)18-11/h1-5H,6H2,(H,17,18,19). The van der Waals surface area contributed by atoms with Gasteiger partial charge >= 0.3 is 0 Å². The quantitative estimate of drug-likeness (QED) is 0.667. The molecule has 2 aromatic heterocycles. The van der Waals surface area contributed by atoms with Gasteiger partial charge in [0, 0.05) is 16.6 Å². The highest BCUT2D eigenvalue weighted by Gasteiger charge is 2.09. The van der Waals surface area contributed by atoms with Crippen molar-refractivity contribution in [3.63, 3.8) is 0 Å². The Morgan fingerprint density at radius 1 is 1.30 bits per heavy atom. The van der Waals surface area contributed by atoms with Crippen LogP contribution >= 0.6 is 38.9 Å². The number of fused-ring (bicyclic) bond motifs is 1. The highest BCUT2D eigenvalue weighted by molar-refractivity contribution is 9.10. The van der Waals surface area contributed by atoms with Crippen molar-refractivity contribution in [2.24, 2.45) is 0 Å². The van der Waals surface area contributed by atoms with Crippen molar-refractivity contribution in [3.8, 4) is 0 Å². The molecule has 0 saturated heterocycles. The van der Waals surface area contributed by atoms with Crippen LogP contribution in [0.4, 0.5) is 10.2 Å². The molecule has 0 aliphatic heterocycles. The molecule has 0 aliphatic rings. The van der Waals surface area contributed by atoms with Crippen LogP contribution in [-0.2, 0) is 6.54 Å². The molecule has 20 heavy (non-hydrogen) atoms.